The lowest BCUT2D eigenvalue weighted by molar-refractivity contribution is 0.0560. The Morgan fingerprint density at radius 1 is 1.07 bits per heavy atom. The number of nitrogen functional groups attached to an aromatic ring is 1. The number of nitrogens with two attached hydrogens (primary N) is 1. The molecule has 0 saturated carbocycles. The number of hydrogen-bond donors (Lipinski definition) is 2. The summed E-state index contributed by atoms with van der Waals surface area (Å²) in [6.45, 7) is 2.27. The number of nitrogens with one attached hydrogen (secondary N) is 1. The summed E-state index contributed by atoms with van der Waals surface area (Å²) in [6.07, 6.45) is 1.44. The van der Waals surface area contributed by atoms with Crippen LogP contribution in [0.4, 0.5) is 5.82 Å². The monoisotopic (exact) mass is 572 g/mol. The van der Waals surface area contributed by atoms with E-state index in [4.69, 9.17) is 19.6 Å². The van der Waals surface area contributed by atoms with Crippen LogP contribution < -0.4 is 20.6 Å². The van der Waals surface area contributed by atoms with Gasteiger partial charge < -0.3 is 24.4 Å². The van der Waals surface area contributed by atoms with Crippen molar-refractivity contribution in [2.45, 2.75) is 13.5 Å². The van der Waals surface area contributed by atoms with Gasteiger partial charge in [0.25, 0.3) is 5.91 Å². The van der Waals surface area contributed by atoms with Crippen LogP contribution in [0.25, 0.3) is 17.1 Å². The summed E-state index contributed by atoms with van der Waals surface area (Å²) >= 11 is 0. The number of hydrogen-bond acceptors (Lipinski definition) is 13. The van der Waals surface area contributed by atoms with E-state index in [9.17, 15) is 9.59 Å². The SMILES string of the molecule is CCOc1cc(C=NNC(=O)c2nnn(-c3nonc3N)c2-c2ccccc2)ccc1OCc1ccc(C(=O)OC)o1. The Morgan fingerprint density at radius 2 is 1.90 bits per heavy atom. The number of carbonyl (C=O) groups excluding carboxylic acids is 2. The molecule has 0 atom stereocenters. The van der Waals surface area contributed by atoms with Gasteiger partial charge in [-0.2, -0.15) is 9.78 Å². The van der Waals surface area contributed by atoms with Gasteiger partial charge in [-0.1, -0.05) is 35.5 Å². The number of furan rings is 1. The highest BCUT2D eigenvalue weighted by molar-refractivity contribution is 5.98. The molecule has 3 N–H and O–H groups in total. The minimum absolute atomic E-state index is 0.0188. The molecular formula is C27H24N8O7. The minimum Gasteiger partial charge on any atom is -0.490 e. The van der Waals surface area contributed by atoms with Crippen molar-refractivity contribution in [2.75, 3.05) is 19.5 Å². The third kappa shape index (κ3) is 5.94. The Hall–Kier alpha value is -5.99. The number of methoxy groups -OCH3 is 1. The van der Waals surface area contributed by atoms with Crippen LogP contribution in [0, 0.1) is 0 Å². The number of esters is 1. The maximum atomic E-state index is 13.1. The van der Waals surface area contributed by atoms with Gasteiger partial charge in [0.05, 0.1) is 19.9 Å². The first-order chi connectivity index (χ1) is 20.5. The van der Waals surface area contributed by atoms with Crippen LogP contribution in [0.3, 0.4) is 0 Å². The van der Waals surface area contributed by atoms with E-state index in [0.29, 0.717) is 40.7 Å². The number of amides is 1. The van der Waals surface area contributed by atoms with Crippen molar-refractivity contribution in [2.24, 2.45) is 5.10 Å². The molecule has 3 aromatic heterocycles. The van der Waals surface area contributed by atoms with Gasteiger partial charge in [-0.3, -0.25) is 4.79 Å². The van der Waals surface area contributed by atoms with Crippen molar-refractivity contribution in [3.8, 4) is 28.6 Å². The molecule has 5 aromatic rings. The number of aromatic nitrogens is 5. The van der Waals surface area contributed by atoms with Gasteiger partial charge in [-0.05, 0) is 53.1 Å². The number of rotatable bonds is 11. The summed E-state index contributed by atoms with van der Waals surface area (Å²) in [6, 6.07) is 17.2. The third-order valence-electron chi connectivity index (χ3n) is 5.69. The first kappa shape index (κ1) is 27.6. The molecular weight excluding hydrogens is 548 g/mol. The number of carbonyl (C=O) groups is 2. The smallest absolute Gasteiger partial charge is 0.373 e. The molecule has 214 valence electrons. The average molecular weight is 573 g/mol. The molecule has 15 heteroatoms. The summed E-state index contributed by atoms with van der Waals surface area (Å²) in [5, 5.41) is 19.4. The van der Waals surface area contributed by atoms with Crippen LogP contribution in [0.5, 0.6) is 11.5 Å². The molecule has 0 fully saturated rings. The standard InChI is InChI=1S/C27H24N8O7/c1-3-39-21-13-16(9-11-19(21)40-15-18-10-12-20(41-18)27(37)38-2)14-29-31-26(36)22-23(17-7-5-4-6-8-17)35(34-30-22)25-24(28)32-42-33-25/h4-14H,3,15H2,1-2H3,(H2,28,32)(H,31,36). The third-order valence-corrected chi connectivity index (χ3v) is 5.69. The first-order valence-corrected chi connectivity index (χ1v) is 12.5. The van der Waals surface area contributed by atoms with Crippen molar-refractivity contribution in [1.82, 2.24) is 30.7 Å². The van der Waals surface area contributed by atoms with Crippen molar-refractivity contribution >= 4 is 23.9 Å². The maximum Gasteiger partial charge on any atom is 0.373 e. The number of ether oxygens (including phenoxy) is 3. The van der Waals surface area contributed by atoms with E-state index < -0.39 is 11.9 Å². The average Bonchev–Trinajstić information content (AvgIpc) is 3.76. The first-order valence-electron chi connectivity index (χ1n) is 12.5. The number of anilines is 1. The summed E-state index contributed by atoms with van der Waals surface area (Å²) in [4.78, 5) is 24.7. The molecule has 15 nitrogen and oxygen atoms in total. The highest BCUT2D eigenvalue weighted by Crippen LogP contribution is 2.29. The summed E-state index contributed by atoms with van der Waals surface area (Å²) < 4.78 is 27.6. The molecule has 1 amide bonds. The summed E-state index contributed by atoms with van der Waals surface area (Å²) in [7, 11) is 1.27. The predicted molar refractivity (Wildman–Crippen MR) is 146 cm³/mol. The lowest BCUT2D eigenvalue weighted by Gasteiger charge is -2.11. The molecule has 0 saturated heterocycles. The molecule has 0 unspecified atom stereocenters. The van der Waals surface area contributed by atoms with Crippen LogP contribution in [0.15, 0.2) is 74.8 Å². The van der Waals surface area contributed by atoms with E-state index in [1.807, 2.05) is 13.0 Å². The fourth-order valence-corrected chi connectivity index (χ4v) is 3.80. The van der Waals surface area contributed by atoms with E-state index in [-0.39, 0.29) is 29.7 Å². The largest absolute Gasteiger partial charge is 0.490 e. The topological polar surface area (TPSA) is 195 Å². The molecule has 2 aromatic carbocycles. The van der Waals surface area contributed by atoms with Gasteiger partial charge in [0.15, 0.2) is 17.2 Å². The zero-order chi connectivity index (χ0) is 29.5. The fourth-order valence-electron chi connectivity index (χ4n) is 3.80. The molecule has 0 bridgehead atoms. The Bertz CT molecular complexity index is 1730. The van der Waals surface area contributed by atoms with Crippen molar-refractivity contribution in [3.05, 3.63) is 83.4 Å². The van der Waals surface area contributed by atoms with E-state index in [1.54, 1.807) is 48.5 Å². The molecule has 0 aliphatic heterocycles. The Labute approximate surface area is 237 Å². The van der Waals surface area contributed by atoms with Crippen LogP contribution in [-0.2, 0) is 11.3 Å². The van der Waals surface area contributed by atoms with Crippen LogP contribution in [0.1, 0.15) is 39.3 Å². The lowest BCUT2D eigenvalue weighted by atomic mass is 10.1. The summed E-state index contributed by atoms with van der Waals surface area (Å²) in [5.41, 5.74) is 9.85. The molecule has 3 heterocycles. The molecule has 0 radical (unpaired) electrons. The summed E-state index contributed by atoms with van der Waals surface area (Å²) in [5.74, 6) is 0.264. The van der Waals surface area contributed by atoms with E-state index >= 15 is 0 Å². The zero-order valence-electron chi connectivity index (χ0n) is 22.4. The second-order valence-electron chi connectivity index (χ2n) is 8.42. The van der Waals surface area contributed by atoms with E-state index in [0.717, 1.165) is 0 Å². The Kier molecular flexibility index (Phi) is 8.18. The van der Waals surface area contributed by atoms with E-state index in [1.165, 1.54) is 24.1 Å². The molecule has 42 heavy (non-hydrogen) atoms. The highest BCUT2D eigenvalue weighted by Gasteiger charge is 2.25. The number of benzene rings is 2. The lowest BCUT2D eigenvalue weighted by Crippen LogP contribution is -2.19. The van der Waals surface area contributed by atoms with Gasteiger partial charge in [-0.15, -0.1) is 5.10 Å². The highest BCUT2D eigenvalue weighted by atomic mass is 16.6. The van der Waals surface area contributed by atoms with Gasteiger partial charge in [0.2, 0.25) is 17.4 Å². The van der Waals surface area contributed by atoms with Gasteiger partial charge >= 0.3 is 5.97 Å². The van der Waals surface area contributed by atoms with Crippen molar-refractivity contribution < 1.29 is 32.8 Å². The second-order valence-corrected chi connectivity index (χ2v) is 8.42. The van der Waals surface area contributed by atoms with Crippen LogP contribution >= 0.6 is 0 Å². The van der Waals surface area contributed by atoms with Gasteiger partial charge in [-0.25, -0.2) is 14.8 Å². The normalized spacial score (nSPS) is 11.0. The van der Waals surface area contributed by atoms with Crippen LogP contribution in [-0.4, -0.2) is 57.1 Å². The quantitative estimate of drug-likeness (QED) is 0.134. The molecule has 5 rings (SSSR count). The van der Waals surface area contributed by atoms with Crippen molar-refractivity contribution in [3.63, 3.8) is 0 Å². The minimum atomic E-state index is -0.624. The van der Waals surface area contributed by atoms with Gasteiger partial charge in [0, 0.05) is 5.56 Å². The Morgan fingerprint density at radius 3 is 2.64 bits per heavy atom. The molecule has 0 aliphatic carbocycles. The fraction of sp³-hybridized carbons (Fsp3) is 0.148. The van der Waals surface area contributed by atoms with E-state index in [2.05, 4.69) is 40.5 Å². The Balaban J connectivity index is 1.31. The van der Waals surface area contributed by atoms with Crippen LogP contribution in [0.2, 0.25) is 0 Å². The van der Waals surface area contributed by atoms with Crippen molar-refractivity contribution in [1.29, 1.82) is 0 Å². The molecule has 0 aliphatic rings. The van der Waals surface area contributed by atoms with Gasteiger partial charge in [0.1, 0.15) is 18.1 Å². The maximum absolute atomic E-state index is 13.1. The predicted octanol–water partition coefficient (Wildman–Crippen LogP) is 3.02. The number of nitrogens with zero attached hydrogens (tertiary/aromatic N) is 6. The number of hydrazone groups is 1. The zero-order valence-corrected chi connectivity index (χ0v) is 22.4. The molecule has 0 spiro atoms. The second kappa shape index (κ2) is 12.5.